The fraction of sp³-hybridized carbons (Fsp3) is 0.250. The van der Waals surface area contributed by atoms with Gasteiger partial charge in [-0.25, -0.2) is 0 Å². The number of hydrogen-bond donors (Lipinski definition) is 0. The molecule has 0 spiro atoms. The van der Waals surface area contributed by atoms with Crippen molar-refractivity contribution in [2.45, 2.75) is 0 Å². The monoisotopic (exact) mass is 207 g/mol. The summed E-state index contributed by atoms with van der Waals surface area (Å²) in [6.45, 7) is 3.64. The number of methoxy groups -OCH3 is 3. The van der Waals surface area contributed by atoms with Crippen molar-refractivity contribution in [2.75, 3.05) is 21.3 Å². The third-order valence-corrected chi connectivity index (χ3v) is 2.00. The minimum atomic E-state index is 0.598. The first-order valence-corrected chi connectivity index (χ1v) is 4.52. The third kappa shape index (κ3) is 2.43. The van der Waals surface area contributed by atoms with Gasteiger partial charge in [0.2, 0.25) is 5.75 Å². The van der Waals surface area contributed by atoms with E-state index in [1.165, 1.54) is 0 Å². The van der Waals surface area contributed by atoms with E-state index in [1.54, 1.807) is 27.4 Å². The Morgan fingerprint density at radius 3 is 1.87 bits per heavy atom. The molecule has 3 nitrogen and oxygen atoms in total. The Balaban J connectivity index is 3.28. The van der Waals surface area contributed by atoms with Gasteiger partial charge in [0.05, 0.1) is 21.3 Å². The standard InChI is InChI=1S/C12H15O3/c1-5-6-9-7-10(13-2)12(15-4)11(8-9)14-3/h5-8H,1H2,2-4H3/b6-5+. The zero-order chi connectivity index (χ0) is 11.3. The van der Waals surface area contributed by atoms with Gasteiger partial charge in [-0.05, 0) is 24.6 Å². The van der Waals surface area contributed by atoms with Crippen LogP contribution in [0.3, 0.4) is 0 Å². The lowest BCUT2D eigenvalue weighted by molar-refractivity contribution is 0.324. The molecular formula is C12H15O3. The van der Waals surface area contributed by atoms with E-state index in [9.17, 15) is 0 Å². The molecule has 0 atom stereocenters. The van der Waals surface area contributed by atoms with Crippen molar-refractivity contribution in [3.05, 3.63) is 30.7 Å². The summed E-state index contributed by atoms with van der Waals surface area (Å²) in [5.74, 6) is 1.89. The molecule has 0 saturated carbocycles. The van der Waals surface area contributed by atoms with E-state index in [0.717, 1.165) is 5.56 Å². The summed E-state index contributed by atoms with van der Waals surface area (Å²) in [4.78, 5) is 0. The number of benzene rings is 1. The van der Waals surface area contributed by atoms with Crippen LogP contribution in [-0.2, 0) is 0 Å². The fourth-order valence-electron chi connectivity index (χ4n) is 1.33. The molecule has 0 heterocycles. The van der Waals surface area contributed by atoms with E-state index in [-0.39, 0.29) is 0 Å². The SMILES string of the molecule is [CH2]/C=C/c1cc(OC)c(OC)c(OC)c1. The van der Waals surface area contributed by atoms with Crippen LogP contribution in [0.2, 0.25) is 0 Å². The molecule has 0 aliphatic heterocycles. The molecule has 0 amide bonds. The predicted molar refractivity (Wildman–Crippen MR) is 60.5 cm³/mol. The summed E-state index contributed by atoms with van der Waals surface area (Å²) in [5.41, 5.74) is 0.958. The maximum absolute atomic E-state index is 5.21. The van der Waals surface area contributed by atoms with Gasteiger partial charge in [-0.15, -0.1) is 0 Å². The smallest absolute Gasteiger partial charge is 0.203 e. The van der Waals surface area contributed by atoms with Gasteiger partial charge in [0.15, 0.2) is 11.5 Å². The molecule has 0 bridgehead atoms. The highest BCUT2D eigenvalue weighted by Gasteiger charge is 2.11. The van der Waals surface area contributed by atoms with Crippen molar-refractivity contribution in [2.24, 2.45) is 0 Å². The molecule has 0 unspecified atom stereocenters. The van der Waals surface area contributed by atoms with Gasteiger partial charge in [-0.3, -0.25) is 0 Å². The van der Waals surface area contributed by atoms with Crippen molar-refractivity contribution < 1.29 is 14.2 Å². The molecule has 15 heavy (non-hydrogen) atoms. The maximum Gasteiger partial charge on any atom is 0.203 e. The fourth-order valence-corrected chi connectivity index (χ4v) is 1.33. The molecule has 1 radical (unpaired) electrons. The summed E-state index contributed by atoms with van der Waals surface area (Å²) in [6.07, 6.45) is 3.57. The minimum absolute atomic E-state index is 0.598. The highest BCUT2D eigenvalue weighted by molar-refractivity contribution is 5.62. The average Bonchev–Trinajstić information content (AvgIpc) is 2.28. The molecule has 0 N–H and O–H groups in total. The van der Waals surface area contributed by atoms with Crippen LogP contribution in [0.15, 0.2) is 18.2 Å². The van der Waals surface area contributed by atoms with Crippen molar-refractivity contribution >= 4 is 6.08 Å². The number of rotatable bonds is 4. The van der Waals surface area contributed by atoms with E-state index >= 15 is 0 Å². The van der Waals surface area contributed by atoms with E-state index in [0.29, 0.717) is 17.2 Å². The van der Waals surface area contributed by atoms with Gasteiger partial charge in [0.25, 0.3) is 0 Å². The molecule has 3 heteroatoms. The Hall–Kier alpha value is -1.64. The molecule has 81 valence electrons. The van der Waals surface area contributed by atoms with E-state index in [4.69, 9.17) is 14.2 Å². The lowest BCUT2D eigenvalue weighted by atomic mass is 10.1. The van der Waals surface area contributed by atoms with Crippen LogP contribution < -0.4 is 14.2 Å². The highest BCUT2D eigenvalue weighted by Crippen LogP contribution is 2.38. The first-order valence-electron chi connectivity index (χ1n) is 4.52. The second-order valence-electron chi connectivity index (χ2n) is 2.86. The molecule has 0 aliphatic carbocycles. The van der Waals surface area contributed by atoms with E-state index < -0.39 is 0 Å². The van der Waals surface area contributed by atoms with Crippen LogP contribution in [0.1, 0.15) is 5.56 Å². The Bertz CT molecular complexity index is 331. The first-order chi connectivity index (χ1) is 7.26. The molecule has 0 saturated heterocycles. The lowest BCUT2D eigenvalue weighted by Crippen LogP contribution is -1.95. The van der Waals surface area contributed by atoms with Crippen molar-refractivity contribution in [1.29, 1.82) is 0 Å². The topological polar surface area (TPSA) is 27.7 Å². The number of allylic oxidation sites excluding steroid dienone is 1. The summed E-state index contributed by atoms with van der Waals surface area (Å²) in [7, 11) is 4.77. The zero-order valence-corrected chi connectivity index (χ0v) is 9.24. The van der Waals surface area contributed by atoms with Crippen molar-refractivity contribution in [3.8, 4) is 17.2 Å². The quantitative estimate of drug-likeness (QED) is 0.759. The van der Waals surface area contributed by atoms with Crippen molar-refractivity contribution in [3.63, 3.8) is 0 Å². The van der Waals surface area contributed by atoms with Crippen LogP contribution in [0, 0.1) is 6.92 Å². The van der Waals surface area contributed by atoms with Gasteiger partial charge >= 0.3 is 0 Å². The van der Waals surface area contributed by atoms with E-state index in [1.807, 2.05) is 18.2 Å². The third-order valence-electron chi connectivity index (χ3n) is 2.00. The predicted octanol–water partition coefficient (Wildman–Crippen LogP) is 2.56. The molecule has 1 aromatic carbocycles. The van der Waals surface area contributed by atoms with E-state index in [2.05, 4.69) is 6.92 Å². The lowest BCUT2D eigenvalue weighted by Gasteiger charge is -2.12. The van der Waals surface area contributed by atoms with Crippen LogP contribution in [0.5, 0.6) is 17.2 Å². The van der Waals surface area contributed by atoms with Gasteiger partial charge in [0, 0.05) is 0 Å². The van der Waals surface area contributed by atoms with Crippen LogP contribution in [-0.4, -0.2) is 21.3 Å². The Morgan fingerprint density at radius 1 is 1.00 bits per heavy atom. The molecule has 1 aromatic rings. The minimum Gasteiger partial charge on any atom is -0.493 e. The van der Waals surface area contributed by atoms with Gasteiger partial charge < -0.3 is 14.2 Å². The Kier molecular flexibility index (Phi) is 4.03. The zero-order valence-electron chi connectivity index (χ0n) is 9.24. The molecule has 0 fully saturated rings. The van der Waals surface area contributed by atoms with Crippen LogP contribution in [0.25, 0.3) is 6.08 Å². The van der Waals surface area contributed by atoms with Crippen LogP contribution in [0.4, 0.5) is 0 Å². The largest absolute Gasteiger partial charge is 0.493 e. The maximum atomic E-state index is 5.21. The second kappa shape index (κ2) is 5.29. The van der Waals surface area contributed by atoms with Gasteiger partial charge in [-0.2, -0.15) is 0 Å². The number of hydrogen-bond acceptors (Lipinski definition) is 3. The summed E-state index contributed by atoms with van der Waals surface area (Å²) < 4.78 is 15.6. The Morgan fingerprint density at radius 2 is 1.53 bits per heavy atom. The van der Waals surface area contributed by atoms with Gasteiger partial charge in [-0.1, -0.05) is 12.2 Å². The molecule has 0 aromatic heterocycles. The van der Waals surface area contributed by atoms with Crippen LogP contribution >= 0.6 is 0 Å². The summed E-state index contributed by atoms with van der Waals surface area (Å²) in [5, 5.41) is 0. The molecular weight excluding hydrogens is 192 g/mol. The molecule has 0 aliphatic rings. The first kappa shape index (κ1) is 11.4. The van der Waals surface area contributed by atoms with Gasteiger partial charge in [0.1, 0.15) is 0 Å². The Labute approximate surface area is 90.3 Å². The number of ether oxygens (including phenoxy) is 3. The highest BCUT2D eigenvalue weighted by atomic mass is 16.5. The van der Waals surface area contributed by atoms with Crippen molar-refractivity contribution in [1.82, 2.24) is 0 Å². The normalized spacial score (nSPS) is 10.4. The average molecular weight is 207 g/mol. The summed E-state index contributed by atoms with van der Waals surface area (Å²) >= 11 is 0. The molecule has 1 rings (SSSR count). The second-order valence-corrected chi connectivity index (χ2v) is 2.86. The summed E-state index contributed by atoms with van der Waals surface area (Å²) in [6, 6.07) is 3.73.